The number of aromatic nitrogens is 2. The molecular weight excluding hydrogens is 224 g/mol. The average Bonchev–Trinajstić information content (AvgIpc) is 2.69. The molecule has 2 heterocycles. The second-order valence-corrected chi connectivity index (χ2v) is 4.57. The molecule has 94 valence electrons. The lowest BCUT2D eigenvalue weighted by Gasteiger charge is -2.25. The Morgan fingerprint density at radius 2 is 2.24 bits per heavy atom. The Morgan fingerprint density at radius 3 is 2.82 bits per heavy atom. The minimum absolute atomic E-state index is 0.131. The quantitative estimate of drug-likeness (QED) is 0.631. The van der Waals surface area contributed by atoms with E-state index in [2.05, 4.69) is 10.3 Å². The number of nitrogen functional groups attached to an aromatic ring is 1. The SMILES string of the molecule is Cn1c(N)c(NC2(C)CCOC2)c(=O)[nH]c1=O. The minimum atomic E-state index is -0.522. The second-order valence-electron chi connectivity index (χ2n) is 4.57. The fourth-order valence-corrected chi connectivity index (χ4v) is 1.83. The van der Waals surface area contributed by atoms with Crippen molar-refractivity contribution in [3.05, 3.63) is 20.8 Å². The molecule has 7 heteroatoms. The maximum absolute atomic E-state index is 11.7. The molecular formula is C10H16N4O3. The summed E-state index contributed by atoms with van der Waals surface area (Å²) >= 11 is 0. The number of hydrogen-bond acceptors (Lipinski definition) is 5. The van der Waals surface area contributed by atoms with Crippen LogP contribution in [0.2, 0.25) is 0 Å². The van der Waals surface area contributed by atoms with Crippen LogP contribution >= 0.6 is 0 Å². The van der Waals surface area contributed by atoms with Gasteiger partial charge in [-0.3, -0.25) is 14.3 Å². The highest BCUT2D eigenvalue weighted by atomic mass is 16.5. The third kappa shape index (κ3) is 2.05. The summed E-state index contributed by atoms with van der Waals surface area (Å²) in [6.45, 7) is 3.10. The maximum Gasteiger partial charge on any atom is 0.329 e. The molecule has 0 radical (unpaired) electrons. The van der Waals surface area contributed by atoms with Crippen molar-refractivity contribution in [1.29, 1.82) is 0 Å². The minimum Gasteiger partial charge on any atom is -0.383 e. The molecule has 1 aliphatic rings. The summed E-state index contributed by atoms with van der Waals surface area (Å²) in [5.74, 6) is 0.131. The van der Waals surface area contributed by atoms with Crippen molar-refractivity contribution in [1.82, 2.24) is 9.55 Å². The van der Waals surface area contributed by atoms with Gasteiger partial charge in [-0.2, -0.15) is 0 Å². The number of H-pyrrole nitrogens is 1. The lowest BCUT2D eigenvalue weighted by molar-refractivity contribution is 0.185. The first kappa shape index (κ1) is 11.7. The summed E-state index contributed by atoms with van der Waals surface area (Å²) in [6.07, 6.45) is 0.786. The number of hydrogen-bond donors (Lipinski definition) is 3. The molecule has 1 unspecified atom stereocenters. The van der Waals surface area contributed by atoms with Crippen molar-refractivity contribution in [2.24, 2.45) is 7.05 Å². The standard InChI is InChI=1S/C10H16N4O3/c1-10(3-4-17-5-10)13-6-7(11)14(2)9(16)12-8(6)15/h13H,3-5,11H2,1-2H3,(H,12,15,16). The Kier molecular flexibility index (Phi) is 2.70. The van der Waals surface area contributed by atoms with E-state index < -0.39 is 11.2 Å². The lowest BCUT2D eigenvalue weighted by Crippen LogP contribution is -2.40. The maximum atomic E-state index is 11.7. The first-order chi connectivity index (χ1) is 7.93. The van der Waals surface area contributed by atoms with Crippen molar-refractivity contribution in [2.75, 3.05) is 24.3 Å². The molecule has 1 atom stereocenters. The van der Waals surface area contributed by atoms with E-state index in [-0.39, 0.29) is 17.0 Å². The summed E-state index contributed by atoms with van der Waals surface area (Å²) in [4.78, 5) is 25.2. The molecule has 7 nitrogen and oxygen atoms in total. The van der Waals surface area contributed by atoms with Crippen molar-refractivity contribution in [2.45, 2.75) is 18.9 Å². The highest BCUT2D eigenvalue weighted by Gasteiger charge is 2.31. The molecule has 0 bridgehead atoms. The highest BCUT2D eigenvalue weighted by molar-refractivity contribution is 5.61. The van der Waals surface area contributed by atoms with Crippen LogP contribution in [-0.2, 0) is 11.8 Å². The number of ether oxygens (including phenoxy) is 1. The first-order valence-electron chi connectivity index (χ1n) is 5.38. The fourth-order valence-electron chi connectivity index (χ4n) is 1.83. The molecule has 1 aromatic rings. The Morgan fingerprint density at radius 1 is 1.53 bits per heavy atom. The molecule has 4 N–H and O–H groups in total. The van der Waals surface area contributed by atoms with Crippen molar-refractivity contribution >= 4 is 11.5 Å². The lowest BCUT2D eigenvalue weighted by atomic mass is 10.0. The second kappa shape index (κ2) is 3.92. The summed E-state index contributed by atoms with van der Waals surface area (Å²) in [5, 5.41) is 3.07. The van der Waals surface area contributed by atoms with E-state index in [1.165, 1.54) is 11.6 Å². The van der Waals surface area contributed by atoms with Gasteiger partial charge in [-0.15, -0.1) is 0 Å². The van der Waals surface area contributed by atoms with Gasteiger partial charge in [0.2, 0.25) is 0 Å². The van der Waals surface area contributed by atoms with E-state index in [1.807, 2.05) is 6.92 Å². The number of nitrogens with one attached hydrogen (secondary N) is 2. The summed E-state index contributed by atoms with van der Waals surface area (Å²) < 4.78 is 6.48. The largest absolute Gasteiger partial charge is 0.383 e. The van der Waals surface area contributed by atoms with E-state index in [0.717, 1.165) is 6.42 Å². The van der Waals surface area contributed by atoms with Crippen LogP contribution in [0.3, 0.4) is 0 Å². The van der Waals surface area contributed by atoms with Crippen LogP contribution in [0.5, 0.6) is 0 Å². The van der Waals surface area contributed by atoms with Gasteiger partial charge < -0.3 is 15.8 Å². The van der Waals surface area contributed by atoms with Crippen LogP contribution < -0.4 is 22.3 Å². The van der Waals surface area contributed by atoms with Gasteiger partial charge >= 0.3 is 5.69 Å². The van der Waals surface area contributed by atoms with Crippen LogP contribution in [-0.4, -0.2) is 28.3 Å². The summed E-state index contributed by atoms with van der Waals surface area (Å²) in [5.41, 5.74) is 4.64. The number of nitrogens with zero attached hydrogens (tertiary/aromatic N) is 1. The number of anilines is 2. The Labute approximate surface area is 97.6 Å². The zero-order chi connectivity index (χ0) is 12.6. The van der Waals surface area contributed by atoms with E-state index >= 15 is 0 Å². The zero-order valence-electron chi connectivity index (χ0n) is 9.87. The first-order valence-corrected chi connectivity index (χ1v) is 5.38. The van der Waals surface area contributed by atoms with Gasteiger partial charge in [0.25, 0.3) is 5.56 Å². The van der Waals surface area contributed by atoms with E-state index in [1.54, 1.807) is 0 Å². The van der Waals surface area contributed by atoms with E-state index in [9.17, 15) is 9.59 Å². The number of rotatable bonds is 2. The van der Waals surface area contributed by atoms with Crippen LogP contribution in [0, 0.1) is 0 Å². The summed E-state index contributed by atoms with van der Waals surface area (Å²) in [7, 11) is 1.51. The topological polar surface area (TPSA) is 102 Å². The molecule has 1 saturated heterocycles. The molecule has 0 amide bonds. The third-order valence-corrected chi connectivity index (χ3v) is 3.02. The predicted molar refractivity (Wildman–Crippen MR) is 64.2 cm³/mol. The molecule has 0 saturated carbocycles. The smallest absolute Gasteiger partial charge is 0.329 e. The molecule has 1 fully saturated rings. The van der Waals surface area contributed by atoms with E-state index in [0.29, 0.717) is 13.2 Å². The average molecular weight is 240 g/mol. The molecule has 0 aliphatic carbocycles. The molecule has 0 aromatic carbocycles. The van der Waals surface area contributed by atoms with Gasteiger partial charge in [-0.05, 0) is 13.3 Å². The molecule has 1 aromatic heterocycles. The summed E-state index contributed by atoms with van der Waals surface area (Å²) in [6, 6.07) is 0. The Balaban J connectivity index is 2.43. The van der Waals surface area contributed by atoms with Gasteiger partial charge in [0, 0.05) is 13.7 Å². The van der Waals surface area contributed by atoms with E-state index in [4.69, 9.17) is 10.5 Å². The highest BCUT2D eigenvalue weighted by Crippen LogP contribution is 2.23. The van der Waals surface area contributed by atoms with Crippen LogP contribution in [0.15, 0.2) is 9.59 Å². The predicted octanol–water partition coefficient (Wildman–Crippen LogP) is -0.753. The van der Waals surface area contributed by atoms with Gasteiger partial charge in [0.15, 0.2) is 0 Å². The van der Waals surface area contributed by atoms with Gasteiger partial charge in [-0.25, -0.2) is 4.79 Å². The number of nitrogens with two attached hydrogens (primary N) is 1. The van der Waals surface area contributed by atoms with Crippen molar-refractivity contribution in [3.63, 3.8) is 0 Å². The van der Waals surface area contributed by atoms with Gasteiger partial charge in [0.05, 0.1) is 12.1 Å². The molecule has 2 rings (SSSR count). The fraction of sp³-hybridized carbons (Fsp3) is 0.600. The molecule has 0 spiro atoms. The van der Waals surface area contributed by atoms with Gasteiger partial charge in [-0.1, -0.05) is 0 Å². The Bertz CT molecular complexity index is 539. The number of aromatic amines is 1. The van der Waals surface area contributed by atoms with Crippen LogP contribution in [0.1, 0.15) is 13.3 Å². The van der Waals surface area contributed by atoms with Crippen molar-refractivity contribution < 1.29 is 4.74 Å². The monoisotopic (exact) mass is 240 g/mol. The van der Waals surface area contributed by atoms with Gasteiger partial charge in [0.1, 0.15) is 11.5 Å². The van der Waals surface area contributed by atoms with Crippen molar-refractivity contribution in [3.8, 4) is 0 Å². The zero-order valence-corrected chi connectivity index (χ0v) is 9.87. The van der Waals surface area contributed by atoms with Crippen LogP contribution in [0.25, 0.3) is 0 Å². The molecule has 17 heavy (non-hydrogen) atoms. The third-order valence-electron chi connectivity index (χ3n) is 3.02. The molecule has 1 aliphatic heterocycles. The Hall–Kier alpha value is -1.76. The normalized spacial score (nSPS) is 23.9. The van der Waals surface area contributed by atoms with Crippen LogP contribution in [0.4, 0.5) is 11.5 Å².